The fourth-order valence-corrected chi connectivity index (χ4v) is 3.56. The topological polar surface area (TPSA) is 86.2 Å². The van der Waals surface area contributed by atoms with Crippen molar-refractivity contribution in [3.8, 4) is 0 Å². The highest BCUT2D eigenvalue weighted by Crippen LogP contribution is 2.36. The SMILES string of the molecule is CC1(C)OB(c2ccc(CNCC(O)COCCCC(=O)OCc3ccccc3)cc2)OC1(C)C. The van der Waals surface area contributed by atoms with E-state index in [9.17, 15) is 9.90 Å². The maximum absolute atomic E-state index is 11.8. The molecule has 0 aromatic heterocycles. The zero-order chi connectivity index (χ0) is 25.3. The van der Waals surface area contributed by atoms with Gasteiger partial charge >= 0.3 is 13.1 Å². The van der Waals surface area contributed by atoms with Gasteiger partial charge < -0.3 is 29.2 Å². The van der Waals surface area contributed by atoms with Gasteiger partial charge in [0.05, 0.1) is 23.9 Å². The van der Waals surface area contributed by atoms with E-state index in [4.69, 9.17) is 18.8 Å². The van der Waals surface area contributed by atoms with E-state index in [0.717, 1.165) is 16.6 Å². The lowest BCUT2D eigenvalue weighted by molar-refractivity contribution is -0.145. The molecule has 0 radical (unpaired) electrons. The minimum atomic E-state index is -0.621. The third kappa shape index (κ3) is 8.44. The van der Waals surface area contributed by atoms with Crippen LogP contribution in [-0.2, 0) is 36.7 Å². The maximum atomic E-state index is 11.8. The first-order chi connectivity index (χ1) is 16.7. The zero-order valence-corrected chi connectivity index (χ0v) is 21.3. The molecule has 8 heteroatoms. The molecule has 1 unspecified atom stereocenters. The molecule has 1 saturated heterocycles. The molecule has 0 bridgehead atoms. The number of hydrogen-bond donors (Lipinski definition) is 2. The predicted octanol–water partition coefficient (Wildman–Crippen LogP) is 2.98. The Morgan fingerprint density at radius 2 is 1.66 bits per heavy atom. The quantitative estimate of drug-likeness (QED) is 0.257. The van der Waals surface area contributed by atoms with Gasteiger partial charge in [0.25, 0.3) is 0 Å². The lowest BCUT2D eigenvalue weighted by Gasteiger charge is -2.32. The molecule has 3 rings (SSSR count). The van der Waals surface area contributed by atoms with E-state index in [2.05, 4.69) is 5.32 Å². The Labute approximate surface area is 209 Å². The second kappa shape index (κ2) is 12.6. The van der Waals surface area contributed by atoms with Crippen LogP contribution in [-0.4, -0.2) is 55.3 Å². The number of aliphatic hydroxyl groups is 1. The van der Waals surface area contributed by atoms with Crippen LogP contribution in [0.1, 0.15) is 51.7 Å². The van der Waals surface area contributed by atoms with Crippen molar-refractivity contribution in [1.29, 1.82) is 0 Å². The third-order valence-electron chi connectivity index (χ3n) is 6.44. The van der Waals surface area contributed by atoms with Gasteiger partial charge in [-0.3, -0.25) is 4.79 Å². The van der Waals surface area contributed by atoms with E-state index in [0.29, 0.717) is 32.5 Å². The van der Waals surface area contributed by atoms with Crippen molar-refractivity contribution in [3.63, 3.8) is 0 Å². The van der Waals surface area contributed by atoms with Gasteiger partial charge in [-0.25, -0.2) is 0 Å². The zero-order valence-electron chi connectivity index (χ0n) is 21.3. The summed E-state index contributed by atoms with van der Waals surface area (Å²) in [5.41, 5.74) is 2.34. The Hall–Kier alpha value is -2.23. The highest BCUT2D eigenvalue weighted by atomic mass is 16.7. The van der Waals surface area contributed by atoms with Gasteiger partial charge in [-0.05, 0) is 50.7 Å². The van der Waals surface area contributed by atoms with Crippen LogP contribution in [0.15, 0.2) is 54.6 Å². The first kappa shape index (κ1) is 27.4. The fraction of sp³-hybridized carbons (Fsp3) is 0.519. The second-order valence-corrected chi connectivity index (χ2v) is 9.94. The Kier molecular flexibility index (Phi) is 9.89. The molecular weight excluding hydrogens is 445 g/mol. The molecule has 1 atom stereocenters. The van der Waals surface area contributed by atoms with Gasteiger partial charge in [-0.1, -0.05) is 54.6 Å². The number of benzene rings is 2. The number of rotatable bonds is 13. The predicted molar refractivity (Wildman–Crippen MR) is 136 cm³/mol. The average molecular weight is 483 g/mol. The molecule has 2 aromatic rings. The lowest BCUT2D eigenvalue weighted by atomic mass is 9.79. The Morgan fingerprint density at radius 1 is 1.00 bits per heavy atom. The number of nitrogens with one attached hydrogen (secondary N) is 1. The van der Waals surface area contributed by atoms with Crippen molar-refractivity contribution < 1.29 is 28.7 Å². The summed E-state index contributed by atoms with van der Waals surface area (Å²) in [4.78, 5) is 11.8. The number of hydrogen-bond acceptors (Lipinski definition) is 7. The van der Waals surface area contributed by atoms with Gasteiger partial charge in [-0.2, -0.15) is 0 Å². The number of esters is 1. The summed E-state index contributed by atoms with van der Waals surface area (Å²) in [5.74, 6) is -0.246. The standard InChI is InChI=1S/C27H38BNO6/c1-26(2)27(3,4)35-28(34-26)23-14-12-21(13-15-23)17-29-18-24(30)20-32-16-8-11-25(31)33-19-22-9-6-5-7-10-22/h5-7,9-10,12-15,24,29-30H,8,11,16-20H2,1-4H3. The molecule has 0 amide bonds. The van der Waals surface area contributed by atoms with Gasteiger partial charge in [0.1, 0.15) is 6.61 Å². The Bertz CT molecular complexity index is 903. The van der Waals surface area contributed by atoms with Crippen molar-refractivity contribution in [2.45, 2.75) is 71.0 Å². The summed E-state index contributed by atoms with van der Waals surface area (Å²) < 4.78 is 22.9. The maximum Gasteiger partial charge on any atom is 0.494 e. The average Bonchev–Trinajstić information content (AvgIpc) is 3.05. The number of ether oxygens (including phenoxy) is 2. The van der Waals surface area contributed by atoms with Crippen LogP contribution in [0.3, 0.4) is 0 Å². The van der Waals surface area contributed by atoms with Gasteiger partial charge in [-0.15, -0.1) is 0 Å². The minimum absolute atomic E-state index is 0.215. The molecule has 190 valence electrons. The molecule has 1 fully saturated rings. The third-order valence-corrected chi connectivity index (χ3v) is 6.44. The number of carbonyl (C=O) groups is 1. The van der Waals surface area contributed by atoms with E-state index in [-0.39, 0.29) is 37.5 Å². The molecule has 7 nitrogen and oxygen atoms in total. The summed E-state index contributed by atoms with van der Waals surface area (Å²) in [6.07, 6.45) is 0.232. The lowest BCUT2D eigenvalue weighted by Crippen LogP contribution is -2.41. The number of carbonyl (C=O) groups excluding carboxylic acids is 1. The van der Waals surface area contributed by atoms with Gasteiger partial charge in [0.15, 0.2) is 0 Å². The highest BCUT2D eigenvalue weighted by molar-refractivity contribution is 6.62. The molecule has 0 saturated carbocycles. The van der Waals surface area contributed by atoms with Crippen molar-refractivity contribution in [2.24, 2.45) is 0 Å². The van der Waals surface area contributed by atoms with E-state index < -0.39 is 6.10 Å². The molecule has 35 heavy (non-hydrogen) atoms. The van der Waals surface area contributed by atoms with Crippen LogP contribution in [0.2, 0.25) is 0 Å². The summed E-state index contributed by atoms with van der Waals surface area (Å²) in [6.45, 7) is 10.1. The van der Waals surface area contributed by atoms with Crippen LogP contribution >= 0.6 is 0 Å². The molecule has 2 aromatic carbocycles. The van der Waals surface area contributed by atoms with E-state index in [1.54, 1.807) is 0 Å². The molecule has 1 aliphatic heterocycles. The monoisotopic (exact) mass is 483 g/mol. The smallest absolute Gasteiger partial charge is 0.461 e. The van der Waals surface area contributed by atoms with Gasteiger partial charge in [0.2, 0.25) is 0 Å². The van der Waals surface area contributed by atoms with E-state index >= 15 is 0 Å². The van der Waals surface area contributed by atoms with Crippen molar-refractivity contribution in [3.05, 3.63) is 65.7 Å². The molecule has 1 heterocycles. The molecule has 0 aliphatic carbocycles. The normalized spacial score (nSPS) is 17.3. The summed E-state index contributed by atoms with van der Waals surface area (Å²) in [7, 11) is -0.369. The van der Waals surface area contributed by atoms with Crippen molar-refractivity contribution >= 4 is 18.6 Å². The summed E-state index contributed by atoms with van der Waals surface area (Å²) in [5, 5.41) is 13.4. The van der Waals surface area contributed by atoms with Crippen molar-refractivity contribution in [1.82, 2.24) is 5.32 Å². The fourth-order valence-electron chi connectivity index (χ4n) is 3.56. The molecule has 2 N–H and O–H groups in total. The van der Waals surface area contributed by atoms with E-state index in [1.807, 2.05) is 82.3 Å². The summed E-state index contributed by atoms with van der Waals surface area (Å²) >= 11 is 0. The van der Waals surface area contributed by atoms with Crippen LogP contribution in [0, 0.1) is 0 Å². The Morgan fingerprint density at radius 3 is 2.31 bits per heavy atom. The van der Waals surface area contributed by atoms with Crippen LogP contribution in [0.5, 0.6) is 0 Å². The molecule has 1 aliphatic rings. The van der Waals surface area contributed by atoms with E-state index in [1.165, 1.54) is 0 Å². The molecular formula is C27H38BNO6. The first-order valence-electron chi connectivity index (χ1n) is 12.3. The van der Waals surface area contributed by atoms with Crippen LogP contribution in [0.25, 0.3) is 0 Å². The largest absolute Gasteiger partial charge is 0.494 e. The van der Waals surface area contributed by atoms with Crippen molar-refractivity contribution in [2.75, 3.05) is 19.8 Å². The molecule has 0 spiro atoms. The number of aliphatic hydroxyl groups excluding tert-OH is 1. The first-order valence-corrected chi connectivity index (χ1v) is 12.3. The van der Waals surface area contributed by atoms with Gasteiger partial charge in [0, 0.05) is 26.1 Å². The minimum Gasteiger partial charge on any atom is -0.461 e. The second-order valence-electron chi connectivity index (χ2n) is 9.94. The van der Waals surface area contributed by atoms with Crippen LogP contribution in [0.4, 0.5) is 0 Å². The highest BCUT2D eigenvalue weighted by Gasteiger charge is 2.51. The van der Waals surface area contributed by atoms with Crippen LogP contribution < -0.4 is 10.8 Å². The Balaban J connectivity index is 1.24. The summed E-state index contributed by atoms with van der Waals surface area (Å²) in [6, 6.07) is 17.7.